The number of anilines is 2. The Morgan fingerprint density at radius 1 is 1.29 bits per heavy atom. The molecule has 0 bridgehead atoms. The molecule has 1 unspecified atom stereocenters. The van der Waals surface area contributed by atoms with Crippen molar-refractivity contribution in [1.82, 2.24) is 4.31 Å². The average Bonchev–Trinajstić information content (AvgIpc) is 2.91. The second-order valence-corrected chi connectivity index (χ2v) is 9.51. The van der Waals surface area contributed by atoms with E-state index in [4.69, 9.17) is 4.74 Å². The number of hydrogen-bond acceptors (Lipinski definition) is 6. The van der Waals surface area contributed by atoms with Gasteiger partial charge in [0.2, 0.25) is 0 Å². The second kappa shape index (κ2) is 10.9. The summed E-state index contributed by atoms with van der Waals surface area (Å²) in [5, 5.41) is 0. The molecule has 2 aromatic carbocycles. The van der Waals surface area contributed by atoms with Crippen LogP contribution in [-0.4, -0.2) is 36.5 Å². The summed E-state index contributed by atoms with van der Waals surface area (Å²) in [7, 11) is 2.10. The van der Waals surface area contributed by atoms with Crippen LogP contribution in [0.5, 0.6) is 5.75 Å². The van der Waals surface area contributed by atoms with Crippen molar-refractivity contribution >= 4 is 41.4 Å². The van der Waals surface area contributed by atoms with Crippen molar-refractivity contribution in [1.29, 1.82) is 0 Å². The number of aldehydes is 1. The largest absolute Gasteiger partial charge is 0.461 e. The van der Waals surface area contributed by atoms with Crippen LogP contribution >= 0.6 is 23.7 Å². The molecular weight excluding hydrogens is 431 g/mol. The van der Waals surface area contributed by atoms with Gasteiger partial charge in [-0.05, 0) is 69.8 Å². The fourth-order valence-corrected chi connectivity index (χ4v) is 4.89. The Hall–Kier alpha value is -2.22. The monoisotopic (exact) mass is 458 g/mol. The first-order valence-corrected chi connectivity index (χ1v) is 12.0. The molecule has 0 spiro atoms. The Balaban J connectivity index is 2.08. The van der Waals surface area contributed by atoms with E-state index >= 15 is 0 Å². The molecule has 7 heteroatoms. The minimum absolute atomic E-state index is 0.135. The van der Waals surface area contributed by atoms with Crippen LogP contribution in [0.25, 0.3) is 0 Å². The van der Waals surface area contributed by atoms with E-state index in [9.17, 15) is 9.18 Å². The van der Waals surface area contributed by atoms with Crippen LogP contribution in [0.15, 0.2) is 76.0 Å². The molecule has 2 aromatic rings. The number of rotatable bonds is 7. The lowest BCUT2D eigenvalue weighted by Gasteiger charge is -2.29. The first-order chi connectivity index (χ1) is 14.9. The SMILES string of the molecule is CSc1cc2c(cc1O/C=C(\F)C=O)SN(C)C(CC=C(C)C)CN2c1ccccc1. The van der Waals surface area contributed by atoms with Crippen molar-refractivity contribution in [2.75, 3.05) is 24.7 Å². The van der Waals surface area contributed by atoms with E-state index in [1.807, 2.05) is 30.5 Å². The summed E-state index contributed by atoms with van der Waals surface area (Å²) in [6.45, 7) is 5.07. The third-order valence-corrected chi connectivity index (χ3v) is 6.83. The van der Waals surface area contributed by atoms with Gasteiger partial charge >= 0.3 is 0 Å². The van der Waals surface area contributed by atoms with E-state index in [0.29, 0.717) is 11.8 Å². The lowest BCUT2D eigenvalue weighted by Crippen LogP contribution is -2.35. The smallest absolute Gasteiger partial charge is 0.197 e. The zero-order chi connectivity index (χ0) is 22.4. The summed E-state index contributed by atoms with van der Waals surface area (Å²) < 4.78 is 21.1. The van der Waals surface area contributed by atoms with Gasteiger partial charge < -0.3 is 9.64 Å². The molecule has 0 saturated carbocycles. The fraction of sp³-hybridized carbons (Fsp3) is 0.292. The molecule has 0 amide bonds. The van der Waals surface area contributed by atoms with Crippen molar-refractivity contribution in [3.63, 3.8) is 0 Å². The number of hydrogen-bond donors (Lipinski definition) is 0. The number of nitrogens with zero attached hydrogens (tertiary/aromatic N) is 2. The van der Waals surface area contributed by atoms with Crippen molar-refractivity contribution in [2.45, 2.75) is 36.1 Å². The van der Waals surface area contributed by atoms with Crippen LogP contribution in [-0.2, 0) is 4.79 Å². The van der Waals surface area contributed by atoms with E-state index in [1.165, 1.54) is 17.3 Å². The van der Waals surface area contributed by atoms with Gasteiger partial charge in [-0.15, -0.1) is 11.8 Å². The topological polar surface area (TPSA) is 32.8 Å². The number of allylic oxidation sites excluding steroid dienone is 2. The predicted octanol–water partition coefficient (Wildman–Crippen LogP) is 6.61. The third kappa shape index (κ3) is 5.93. The molecule has 0 N–H and O–H groups in total. The van der Waals surface area contributed by atoms with Crippen molar-refractivity contribution < 1.29 is 13.9 Å². The molecule has 1 heterocycles. The zero-order valence-electron chi connectivity index (χ0n) is 18.2. The normalized spacial score (nSPS) is 17.0. The van der Waals surface area contributed by atoms with Gasteiger partial charge in [0.25, 0.3) is 0 Å². The number of halogens is 1. The molecule has 1 atom stereocenters. The maximum atomic E-state index is 13.3. The number of fused-ring (bicyclic) bond motifs is 1. The quantitative estimate of drug-likeness (QED) is 0.116. The summed E-state index contributed by atoms with van der Waals surface area (Å²) in [4.78, 5) is 14.8. The molecular formula is C24H27FN2O2S2. The maximum Gasteiger partial charge on any atom is 0.197 e. The second-order valence-electron chi connectivity index (χ2n) is 7.46. The van der Waals surface area contributed by atoms with Gasteiger partial charge in [0.15, 0.2) is 12.1 Å². The summed E-state index contributed by atoms with van der Waals surface area (Å²) in [5.41, 5.74) is 3.50. The number of ether oxygens (including phenoxy) is 1. The standard InChI is InChI=1S/C24H27FN2O2S2/c1-17(2)10-11-20-14-27(19-8-6-5-7-9-19)21-12-24(30-4)22(29-16-18(25)15-28)13-23(21)31-26(20)3/h5-10,12-13,15-16,20H,11,14H2,1-4H3/b18-16-. The highest BCUT2D eigenvalue weighted by molar-refractivity contribution is 7.98. The Morgan fingerprint density at radius 3 is 2.68 bits per heavy atom. The molecule has 4 nitrogen and oxygen atoms in total. The molecule has 164 valence electrons. The minimum Gasteiger partial charge on any atom is -0.461 e. The highest BCUT2D eigenvalue weighted by Gasteiger charge is 2.28. The summed E-state index contributed by atoms with van der Waals surface area (Å²) in [5.74, 6) is -0.417. The van der Waals surface area contributed by atoms with E-state index < -0.39 is 5.83 Å². The van der Waals surface area contributed by atoms with Crippen LogP contribution in [0.2, 0.25) is 0 Å². The highest BCUT2D eigenvalue weighted by Crippen LogP contribution is 2.45. The van der Waals surface area contributed by atoms with Crippen molar-refractivity contribution in [3.05, 3.63) is 66.2 Å². The number of carbonyl (C=O) groups is 1. The van der Waals surface area contributed by atoms with Crippen molar-refractivity contribution in [2.24, 2.45) is 0 Å². The van der Waals surface area contributed by atoms with Gasteiger partial charge in [0.05, 0.1) is 15.5 Å². The van der Waals surface area contributed by atoms with E-state index in [-0.39, 0.29) is 6.29 Å². The number of para-hydroxylation sites is 1. The summed E-state index contributed by atoms with van der Waals surface area (Å²) in [6, 6.07) is 14.6. The molecule has 3 rings (SSSR count). The maximum absolute atomic E-state index is 13.3. The average molecular weight is 459 g/mol. The van der Waals surface area contributed by atoms with Gasteiger partial charge in [0, 0.05) is 18.3 Å². The minimum atomic E-state index is -0.945. The lowest BCUT2D eigenvalue weighted by atomic mass is 10.1. The summed E-state index contributed by atoms with van der Waals surface area (Å²) in [6.07, 6.45) is 6.15. The van der Waals surface area contributed by atoms with Crippen LogP contribution in [0.1, 0.15) is 20.3 Å². The number of benzene rings is 2. The molecule has 0 radical (unpaired) electrons. The molecule has 31 heavy (non-hydrogen) atoms. The van der Waals surface area contributed by atoms with E-state index in [1.54, 1.807) is 11.9 Å². The molecule has 0 saturated heterocycles. The fourth-order valence-electron chi connectivity index (χ4n) is 3.31. The molecule has 1 aliphatic rings. The lowest BCUT2D eigenvalue weighted by molar-refractivity contribution is -0.106. The molecule has 0 aromatic heterocycles. The van der Waals surface area contributed by atoms with Gasteiger partial charge in [-0.2, -0.15) is 4.39 Å². The first kappa shape index (κ1) is 23.4. The Kier molecular flexibility index (Phi) is 8.23. The van der Waals surface area contributed by atoms with Gasteiger partial charge in [-0.25, -0.2) is 4.31 Å². The number of thioether (sulfide) groups is 1. The molecule has 0 aliphatic carbocycles. The van der Waals surface area contributed by atoms with E-state index in [0.717, 1.165) is 40.4 Å². The molecule has 0 fully saturated rings. The Morgan fingerprint density at radius 2 is 2.03 bits per heavy atom. The van der Waals surface area contributed by atoms with Crippen LogP contribution in [0, 0.1) is 0 Å². The Labute approximate surface area is 192 Å². The van der Waals surface area contributed by atoms with Crippen LogP contribution in [0.4, 0.5) is 15.8 Å². The van der Waals surface area contributed by atoms with Crippen molar-refractivity contribution in [3.8, 4) is 5.75 Å². The van der Waals surface area contributed by atoms with Crippen LogP contribution in [0.3, 0.4) is 0 Å². The third-order valence-electron chi connectivity index (χ3n) is 4.96. The number of likely N-dealkylation sites (N-methyl/N-ethyl adjacent to an activating group) is 1. The zero-order valence-corrected chi connectivity index (χ0v) is 19.8. The van der Waals surface area contributed by atoms with E-state index in [2.05, 4.69) is 54.4 Å². The van der Waals surface area contributed by atoms with Gasteiger partial charge in [0.1, 0.15) is 12.0 Å². The van der Waals surface area contributed by atoms with Crippen LogP contribution < -0.4 is 9.64 Å². The number of carbonyl (C=O) groups excluding carboxylic acids is 1. The first-order valence-electron chi connectivity index (χ1n) is 9.99. The summed E-state index contributed by atoms with van der Waals surface area (Å²) >= 11 is 3.18. The predicted molar refractivity (Wildman–Crippen MR) is 129 cm³/mol. The van der Waals surface area contributed by atoms with Gasteiger partial charge in [-0.1, -0.05) is 29.8 Å². The van der Waals surface area contributed by atoms with Gasteiger partial charge in [-0.3, -0.25) is 4.79 Å². The highest BCUT2D eigenvalue weighted by atomic mass is 32.2. The Bertz CT molecular complexity index is 975. The molecule has 1 aliphatic heterocycles.